The van der Waals surface area contributed by atoms with Crippen LogP contribution in [-0.2, 0) is 24.7 Å². The fraction of sp³-hybridized carbons (Fsp3) is 0.235. The first kappa shape index (κ1) is 22.3. The van der Waals surface area contributed by atoms with E-state index < -0.39 is 25.8 Å². The van der Waals surface area contributed by atoms with Gasteiger partial charge in [0.2, 0.25) is 15.9 Å². The van der Waals surface area contributed by atoms with Gasteiger partial charge < -0.3 is 10.4 Å². The molecular formula is C17H19BrN2O6S2. The Balaban J connectivity index is 1.99. The molecule has 0 aliphatic carbocycles. The summed E-state index contributed by atoms with van der Waals surface area (Å²) in [5, 5.41) is 12.2. The molecule has 11 heteroatoms. The van der Waals surface area contributed by atoms with Crippen LogP contribution in [0.5, 0.6) is 5.75 Å². The van der Waals surface area contributed by atoms with Gasteiger partial charge in [-0.3, -0.25) is 4.79 Å². The highest BCUT2D eigenvalue weighted by Crippen LogP contribution is 2.27. The summed E-state index contributed by atoms with van der Waals surface area (Å²) in [6.45, 7) is 1.32. The van der Waals surface area contributed by atoms with E-state index in [4.69, 9.17) is 0 Å². The molecule has 2 rings (SSSR count). The van der Waals surface area contributed by atoms with E-state index in [9.17, 15) is 26.7 Å². The number of phenols is 1. The lowest BCUT2D eigenvalue weighted by atomic mass is 10.3. The number of hydrogen-bond donors (Lipinski definition) is 3. The topological polar surface area (TPSA) is 130 Å². The van der Waals surface area contributed by atoms with Crippen LogP contribution in [0, 0.1) is 0 Å². The van der Waals surface area contributed by atoms with Crippen LogP contribution < -0.4 is 10.0 Å². The van der Waals surface area contributed by atoms with E-state index in [1.54, 1.807) is 12.1 Å². The maximum Gasteiger partial charge on any atom is 0.240 e. The molecule has 1 amide bonds. The second-order valence-corrected chi connectivity index (χ2v) is 10.7. The molecule has 0 aromatic heterocycles. The normalized spacial score (nSPS) is 11.9. The molecular weight excluding hydrogens is 472 g/mol. The van der Waals surface area contributed by atoms with Crippen molar-refractivity contribution in [2.75, 3.05) is 17.6 Å². The largest absolute Gasteiger partial charge is 0.506 e. The molecule has 8 nitrogen and oxygen atoms in total. The number of sulfone groups is 1. The maximum atomic E-state index is 12.2. The SMILES string of the molecule is CCS(=O)(=O)c1ccc(O)c(NC(=O)CCNS(=O)(=O)c2ccc(Br)cc2)c1. The number of nitrogens with one attached hydrogen (secondary N) is 2. The van der Waals surface area contributed by atoms with Crippen molar-refractivity contribution in [2.45, 2.75) is 23.1 Å². The maximum absolute atomic E-state index is 12.2. The predicted octanol–water partition coefficient (Wildman–Crippen LogP) is 2.26. The van der Waals surface area contributed by atoms with Crippen molar-refractivity contribution >= 4 is 47.4 Å². The molecule has 152 valence electrons. The molecule has 0 saturated heterocycles. The second kappa shape index (κ2) is 9.03. The number of amides is 1. The van der Waals surface area contributed by atoms with Crippen LogP contribution in [0.25, 0.3) is 0 Å². The van der Waals surface area contributed by atoms with E-state index >= 15 is 0 Å². The zero-order valence-corrected chi connectivity index (χ0v) is 18.1. The number of halogens is 1. The van der Waals surface area contributed by atoms with Crippen molar-refractivity contribution < 1.29 is 26.7 Å². The number of carbonyl (C=O) groups is 1. The third kappa shape index (κ3) is 5.77. The Bertz CT molecular complexity index is 1070. The average Bonchev–Trinajstić information content (AvgIpc) is 2.63. The van der Waals surface area contributed by atoms with Crippen LogP contribution >= 0.6 is 15.9 Å². The third-order valence-corrected chi connectivity index (χ3v) is 7.49. The van der Waals surface area contributed by atoms with Gasteiger partial charge in [0.15, 0.2) is 9.84 Å². The van der Waals surface area contributed by atoms with E-state index in [1.165, 1.54) is 31.2 Å². The monoisotopic (exact) mass is 490 g/mol. The molecule has 0 spiro atoms. The van der Waals surface area contributed by atoms with Gasteiger partial charge in [-0.25, -0.2) is 21.6 Å². The van der Waals surface area contributed by atoms with Gasteiger partial charge in [-0.05, 0) is 42.5 Å². The van der Waals surface area contributed by atoms with Crippen molar-refractivity contribution in [2.24, 2.45) is 0 Å². The zero-order chi connectivity index (χ0) is 20.9. The Morgan fingerprint density at radius 1 is 1.04 bits per heavy atom. The number of benzene rings is 2. The Morgan fingerprint density at radius 3 is 2.25 bits per heavy atom. The summed E-state index contributed by atoms with van der Waals surface area (Å²) in [7, 11) is -7.26. The first-order valence-corrected chi connectivity index (χ1v) is 12.1. The molecule has 0 fully saturated rings. The van der Waals surface area contributed by atoms with E-state index in [0.717, 1.165) is 10.5 Å². The van der Waals surface area contributed by atoms with Gasteiger partial charge in [0, 0.05) is 17.4 Å². The number of rotatable bonds is 8. The summed E-state index contributed by atoms with van der Waals surface area (Å²) in [6, 6.07) is 9.60. The molecule has 0 bridgehead atoms. The quantitative estimate of drug-likeness (QED) is 0.486. The van der Waals surface area contributed by atoms with Crippen molar-refractivity contribution in [3.05, 3.63) is 46.9 Å². The molecule has 2 aromatic rings. The van der Waals surface area contributed by atoms with Crippen molar-refractivity contribution in [3.63, 3.8) is 0 Å². The minimum atomic E-state index is -3.76. The number of anilines is 1. The summed E-state index contributed by atoms with van der Waals surface area (Å²) < 4.78 is 51.2. The fourth-order valence-corrected chi connectivity index (χ4v) is 4.39. The number of carbonyl (C=O) groups excluding carboxylic acids is 1. The van der Waals surface area contributed by atoms with Crippen LogP contribution in [0.15, 0.2) is 56.7 Å². The highest BCUT2D eigenvalue weighted by atomic mass is 79.9. The average molecular weight is 491 g/mol. The molecule has 3 N–H and O–H groups in total. The summed E-state index contributed by atoms with van der Waals surface area (Å²) in [4.78, 5) is 12.1. The van der Waals surface area contributed by atoms with Gasteiger partial charge >= 0.3 is 0 Å². The van der Waals surface area contributed by atoms with Gasteiger partial charge in [0.25, 0.3) is 0 Å². The van der Waals surface area contributed by atoms with E-state index in [1.807, 2.05) is 0 Å². The molecule has 28 heavy (non-hydrogen) atoms. The van der Waals surface area contributed by atoms with Gasteiger partial charge in [0.1, 0.15) is 5.75 Å². The summed E-state index contributed by atoms with van der Waals surface area (Å²) >= 11 is 3.22. The van der Waals surface area contributed by atoms with Gasteiger partial charge in [0.05, 0.1) is 21.2 Å². The molecule has 0 heterocycles. The van der Waals surface area contributed by atoms with Crippen LogP contribution in [0.3, 0.4) is 0 Å². The van der Waals surface area contributed by atoms with Crippen molar-refractivity contribution in [1.29, 1.82) is 0 Å². The van der Waals surface area contributed by atoms with Crippen LogP contribution in [0.4, 0.5) is 5.69 Å². The summed E-state index contributed by atoms with van der Waals surface area (Å²) in [6.07, 6.45) is -0.208. The molecule has 0 unspecified atom stereocenters. The molecule has 0 atom stereocenters. The second-order valence-electron chi connectivity index (χ2n) is 5.73. The van der Waals surface area contributed by atoms with Crippen LogP contribution in [-0.4, -0.2) is 40.1 Å². The molecule has 2 aromatic carbocycles. The Labute approximate surface area is 172 Å². The Morgan fingerprint density at radius 2 is 1.64 bits per heavy atom. The molecule has 0 aliphatic rings. The first-order valence-electron chi connectivity index (χ1n) is 8.16. The van der Waals surface area contributed by atoms with Gasteiger partial charge in [-0.1, -0.05) is 22.9 Å². The minimum absolute atomic E-state index is 0.0287. The number of phenolic OH excluding ortho intramolecular Hbond substituents is 1. The fourth-order valence-electron chi connectivity index (χ4n) is 2.18. The van der Waals surface area contributed by atoms with E-state index in [2.05, 4.69) is 26.0 Å². The molecule has 0 saturated carbocycles. The standard InChI is InChI=1S/C17H19BrN2O6S2/c1-2-27(23,24)14-7-8-16(21)15(11-14)20-17(22)9-10-19-28(25,26)13-5-3-12(18)4-6-13/h3-8,11,19,21H,2,9-10H2,1H3,(H,20,22). The first-order chi connectivity index (χ1) is 13.0. The van der Waals surface area contributed by atoms with Crippen LogP contribution in [0.2, 0.25) is 0 Å². The summed E-state index contributed by atoms with van der Waals surface area (Å²) in [5.74, 6) is -0.998. The predicted molar refractivity (Wildman–Crippen MR) is 108 cm³/mol. The Hall–Kier alpha value is -1.95. The molecule has 0 aliphatic heterocycles. The van der Waals surface area contributed by atoms with Crippen molar-refractivity contribution in [3.8, 4) is 5.75 Å². The highest BCUT2D eigenvalue weighted by Gasteiger charge is 2.17. The van der Waals surface area contributed by atoms with Crippen LogP contribution in [0.1, 0.15) is 13.3 Å². The lowest BCUT2D eigenvalue weighted by Crippen LogP contribution is -2.27. The van der Waals surface area contributed by atoms with E-state index in [-0.39, 0.29) is 39.9 Å². The lowest BCUT2D eigenvalue weighted by Gasteiger charge is -2.10. The molecule has 0 radical (unpaired) electrons. The minimum Gasteiger partial charge on any atom is -0.506 e. The van der Waals surface area contributed by atoms with Gasteiger partial charge in [-0.2, -0.15) is 0 Å². The summed E-state index contributed by atoms with van der Waals surface area (Å²) in [5.41, 5.74) is -0.0599. The Kier molecular flexibility index (Phi) is 7.21. The third-order valence-electron chi connectivity index (χ3n) is 3.75. The van der Waals surface area contributed by atoms with Crippen molar-refractivity contribution in [1.82, 2.24) is 4.72 Å². The lowest BCUT2D eigenvalue weighted by molar-refractivity contribution is -0.116. The number of hydrogen-bond acceptors (Lipinski definition) is 6. The number of sulfonamides is 1. The van der Waals surface area contributed by atoms with Gasteiger partial charge in [-0.15, -0.1) is 0 Å². The highest BCUT2D eigenvalue weighted by molar-refractivity contribution is 9.10. The van der Waals surface area contributed by atoms with E-state index in [0.29, 0.717) is 0 Å². The number of aromatic hydroxyl groups is 1. The zero-order valence-electron chi connectivity index (χ0n) is 14.8. The smallest absolute Gasteiger partial charge is 0.240 e.